The largest absolute Gasteiger partial charge is 0.368 e. The highest BCUT2D eigenvalue weighted by Gasteiger charge is 2.19. The molecule has 1 heterocycles. The topological polar surface area (TPSA) is 55.2 Å². The van der Waals surface area contributed by atoms with E-state index in [0.717, 1.165) is 10.4 Å². The summed E-state index contributed by atoms with van der Waals surface area (Å²) in [6.45, 7) is 0. The smallest absolute Gasteiger partial charge is 0.292 e. The van der Waals surface area contributed by atoms with Gasteiger partial charge in [-0.3, -0.25) is 10.1 Å². The van der Waals surface area contributed by atoms with E-state index in [0.29, 0.717) is 5.69 Å². The van der Waals surface area contributed by atoms with Gasteiger partial charge in [0, 0.05) is 10.9 Å². The Morgan fingerprint density at radius 3 is 2.36 bits per heavy atom. The van der Waals surface area contributed by atoms with E-state index >= 15 is 0 Å². The minimum absolute atomic E-state index is 0.0833. The fourth-order valence-electron chi connectivity index (χ4n) is 2.33. The molecule has 3 aromatic rings. The summed E-state index contributed by atoms with van der Waals surface area (Å²) in [5.74, 6) is 0. The summed E-state index contributed by atoms with van der Waals surface area (Å²) >= 11 is 1.63. The normalized spacial score (nSPS) is 11.8. The molecule has 1 atom stereocenters. The van der Waals surface area contributed by atoms with Gasteiger partial charge < -0.3 is 5.32 Å². The predicted molar refractivity (Wildman–Crippen MR) is 89.3 cm³/mol. The average Bonchev–Trinajstić information content (AvgIpc) is 3.08. The second-order valence-corrected chi connectivity index (χ2v) is 5.76. The molecule has 0 saturated carbocycles. The Labute approximate surface area is 132 Å². The number of para-hydroxylation sites is 2. The van der Waals surface area contributed by atoms with E-state index in [9.17, 15) is 10.1 Å². The quantitative estimate of drug-likeness (QED) is 0.541. The third-order valence-electron chi connectivity index (χ3n) is 3.36. The number of nitro groups is 1. The van der Waals surface area contributed by atoms with Crippen LogP contribution in [0.5, 0.6) is 0 Å². The number of nitrogens with zero attached hydrogens (tertiary/aromatic N) is 1. The van der Waals surface area contributed by atoms with Crippen LogP contribution in [0.2, 0.25) is 0 Å². The van der Waals surface area contributed by atoms with Crippen molar-refractivity contribution in [2.45, 2.75) is 6.04 Å². The zero-order chi connectivity index (χ0) is 15.4. The Bertz CT molecular complexity index is 757. The summed E-state index contributed by atoms with van der Waals surface area (Å²) in [6, 6.07) is 20.6. The summed E-state index contributed by atoms with van der Waals surface area (Å²) in [6.07, 6.45) is 0. The van der Waals surface area contributed by atoms with Gasteiger partial charge in [0.05, 0.1) is 11.0 Å². The molecule has 0 aliphatic carbocycles. The maximum absolute atomic E-state index is 11.2. The maximum Gasteiger partial charge on any atom is 0.292 e. The van der Waals surface area contributed by atoms with Crippen molar-refractivity contribution in [1.29, 1.82) is 0 Å². The first-order valence-electron chi connectivity index (χ1n) is 6.84. The number of anilines is 1. The van der Waals surface area contributed by atoms with Gasteiger partial charge in [0.1, 0.15) is 5.69 Å². The number of nitro benzene ring substituents is 1. The van der Waals surface area contributed by atoms with Crippen LogP contribution in [0.15, 0.2) is 72.1 Å². The molecule has 0 radical (unpaired) electrons. The molecule has 1 N–H and O–H groups in total. The molecule has 0 fully saturated rings. The Morgan fingerprint density at radius 1 is 0.955 bits per heavy atom. The van der Waals surface area contributed by atoms with Crippen molar-refractivity contribution in [1.82, 2.24) is 0 Å². The zero-order valence-corrected chi connectivity index (χ0v) is 12.5. The van der Waals surface area contributed by atoms with Crippen molar-refractivity contribution in [2.24, 2.45) is 0 Å². The highest BCUT2D eigenvalue weighted by atomic mass is 32.1. The first kappa shape index (κ1) is 14.3. The van der Waals surface area contributed by atoms with Crippen molar-refractivity contribution in [2.75, 3.05) is 5.32 Å². The van der Waals surface area contributed by atoms with E-state index in [1.54, 1.807) is 29.5 Å². The predicted octanol–water partition coefficient (Wildman–Crippen LogP) is 4.86. The summed E-state index contributed by atoms with van der Waals surface area (Å²) < 4.78 is 0. The molecule has 0 amide bonds. The molecule has 0 aliphatic rings. The van der Waals surface area contributed by atoms with Crippen LogP contribution >= 0.6 is 11.3 Å². The number of nitrogens with one attached hydrogen (secondary N) is 1. The summed E-state index contributed by atoms with van der Waals surface area (Å²) in [4.78, 5) is 11.9. The number of thiophene rings is 1. The second-order valence-electron chi connectivity index (χ2n) is 4.78. The van der Waals surface area contributed by atoms with Crippen LogP contribution in [-0.2, 0) is 0 Å². The van der Waals surface area contributed by atoms with Gasteiger partial charge in [0.25, 0.3) is 5.69 Å². The molecule has 1 aromatic heterocycles. The third-order valence-corrected chi connectivity index (χ3v) is 4.30. The second kappa shape index (κ2) is 6.41. The van der Waals surface area contributed by atoms with Gasteiger partial charge in [-0.1, -0.05) is 48.5 Å². The van der Waals surface area contributed by atoms with Crippen molar-refractivity contribution in [3.05, 3.63) is 92.7 Å². The number of benzene rings is 2. The van der Waals surface area contributed by atoms with E-state index in [2.05, 4.69) is 5.32 Å². The van der Waals surface area contributed by atoms with Crippen molar-refractivity contribution in [3.8, 4) is 0 Å². The molecular weight excluding hydrogens is 296 g/mol. The minimum Gasteiger partial charge on any atom is -0.368 e. The van der Waals surface area contributed by atoms with Gasteiger partial charge in [-0.2, -0.15) is 0 Å². The van der Waals surface area contributed by atoms with Crippen LogP contribution in [0.1, 0.15) is 16.5 Å². The van der Waals surface area contributed by atoms with Gasteiger partial charge >= 0.3 is 0 Å². The van der Waals surface area contributed by atoms with Crippen LogP contribution in [-0.4, -0.2) is 4.92 Å². The van der Waals surface area contributed by atoms with Gasteiger partial charge in [0.2, 0.25) is 0 Å². The van der Waals surface area contributed by atoms with Gasteiger partial charge in [0.15, 0.2) is 0 Å². The van der Waals surface area contributed by atoms with E-state index in [-0.39, 0.29) is 16.7 Å². The average molecular weight is 310 g/mol. The Balaban J connectivity index is 2.00. The first-order valence-corrected chi connectivity index (χ1v) is 7.72. The summed E-state index contributed by atoms with van der Waals surface area (Å²) in [5, 5.41) is 16.5. The molecule has 22 heavy (non-hydrogen) atoms. The lowest BCUT2D eigenvalue weighted by Crippen LogP contribution is -2.12. The van der Waals surface area contributed by atoms with Crippen molar-refractivity contribution >= 4 is 22.7 Å². The van der Waals surface area contributed by atoms with Crippen molar-refractivity contribution in [3.63, 3.8) is 0 Å². The molecule has 4 nitrogen and oxygen atoms in total. The molecule has 5 heteroatoms. The number of rotatable bonds is 5. The third kappa shape index (κ3) is 2.99. The van der Waals surface area contributed by atoms with Crippen molar-refractivity contribution < 1.29 is 4.92 Å². The Morgan fingerprint density at radius 2 is 1.68 bits per heavy atom. The van der Waals surface area contributed by atoms with Crippen LogP contribution < -0.4 is 5.32 Å². The lowest BCUT2D eigenvalue weighted by molar-refractivity contribution is -0.384. The Kier molecular flexibility index (Phi) is 4.16. The minimum atomic E-state index is -0.362. The van der Waals surface area contributed by atoms with E-state index in [1.165, 1.54) is 6.07 Å². The highest BCUT2D eigenvalue weighted by molar-refractivity contribution is 7.10. The zero-order valence-electron chi connectivity index (χ0n) is 11.7. The molecular formula is C17H14N2O2S. The van der Waals surface area contributed by atoms with Crippen LogP contribution in [0.4, 0.5) is 11.4 Å². The highest BCUT2D eigenvalue weighted by Crippen LogP contribution is 2.33. The SMILES string of the molecule is O=[N+]([O-])c1ccccc1N[C@@H](c1ccccc1)c1cccs1. The molecule has 0 spiro atoms. The van der Waals surface area contributed by atoms with Crippen LogP contribution in [0.3, 0.4) is 0 Å². The van der Waals surface area contributed by atoms with E-state index < -0.39 is 0 Å². The number of hydrogen-bond acceptors (Lipinski definition) is 4. The molecule has 2 aromatic carbocycles. The van der Waals surface area contributed by atoms with Crippen LogP contribution in [0, 0.1) is 10.1 Å². The number of hydrogen-bond donors (Lipinski definition) is 1. The Hall–Kier alpha value is -2.66. The molecule has 0 saturated heterocycles. The lowest BCUT2D eigenvalue weighted by atomic mass is 10.0. The van der Waals surface area contributed by atoms with Gasteiger partial charge in [-0.25, -0.2) is 0 Å². The van der Waals surface area contributed by atoms with Crippen LogP contribution in [0.25, 0.3) is 0 Å². The molecule has 3 rings (SSSR count). The standard InChI is InChI=1S/C17H14N2O2S/c20-19(21)15-10-5-4-9-14(15)18-17(16-11-6-12-22-16)13-7-2-1-3-8-13/h1-12,17-18H/t17-/m0/s1. The lowest BCUT2D eigenvalue weighted by Gasteiger charge is -2.19. The molecule has 0 bridgehead atoms. The fraction of sp³-hybridized carbons (Fsp3) is 0.0588. The van der Waals surface area contributed by atoms with Gasteiger partial charge in [-0.15, -0.1) is 11.3 Å². The molecule has 110 valence electrons. The molecule has 0 unspecified atom stereocenters. The monoisotopic (exact) mass is 310 g/mol. The fourth-order valence-corrected chi connectivity index (χ4v) is 3.13. The molecule has 0 aliphatic heterocycles. The van der Waals surface area contributed by atoms with E-state index in [1.807, 2.05) is 47.8 Å². The maximum atomic E-state index is 11.2. The summed E-state index contributed by atoms with van der Waals surface area (Å²) in [7, 11) is 0. The summed E-state index contributed by atoms with van der Waals surface area (Å²) in [5.41, 5.74) is 1.68. The first-order chi connectivity index (χ1) is 10.8. The van der Waals surface area contributed by atoms with Gasteiger partial charge in [-0.05, 0) is 23.1 Å². The van der Waals surface area contributed by atoms with E-state index in [4.69, 9.17) is 0 Å².